The topological polar surface area (TPSA) is 86.2 Å². The molecule has 0 aromatic heterocycles. The number of carbonyl (C=O) groups is 2. The van der Waals surface area contributed by atoms with E-state index in [0.717, 1.165) is 11.3 Å². The molecule has 1 N–H and O–H groups in total. The van der Waals surface area contributed by atoms with Gasteiger partial charge >= 0.3 is 5.97 Å². The zero-order chi connectivity index (χ0) is 18.8. The number of esters is 1. The smallest absolute Gasteiger partial charge is 0.347 e. The van der Waals surface area contributed by atoms with Crippen LogP contribution in [0.25, 0.3) is 0 Å². The predicted octanol–water partition coefficient (Wildman–Crippen LogP) is 2.62. The number of methoxy groups -OCH3 is 1. The summed E-state index contributed by atoms with van der Waals surface area (Å²) in [5.74, 6) is -0.381. The number of amides is 1. The summed E-state index contributed by atoms with van der Waals surface area (Å²) in [6, 6.07) is 16.0. The molecule has 7 nitrogen and oxygen atoms in total. The summed E-state index contributed by atoms with van der Waals surface area (Å²) in [6.07, 6.45) is 0.509. The molecule has 2 rings (SSSR count). The fraction of sp³-hybridized carbons (Fsp3) is 0.211. The number of oxime groups is 1. The van der Waals surface area contributed by atoms with Gasteiger partial charge < -0.3 is 19.6 Å². The van der Waals surface area contributed by atoms with E-state index in [4.69, 9.17) is 14.3 Å². The van der Waals surface area contributed by atoms with Crippen LogP contribution < -0.4 is 10.1 Å². The van der Waals surface area contributed by atoms with E-state index in [1.165, 1.54) is 13.1 Å². The van der Waals surface area contributed by atoms with Gasteiger partial charge in [0, 0.05) is 5.69 Å². The Morgan fingerprint density at radius 2 is 1.81 bits per heavy atom. The molecule has 0 aliphatic rings. The molecule has 0 fully saturated rings. The highest BCUT2D eigenvalue weighted by Crippen LogP contribution is 2.10. The standard InChI is InChI=1S/C19H20N2O5/c1-14(19(23)21-16-6-4-3-5-7-16)26-18(22)13-25-20-12-15-8-10-17(24-2)11-9-15/h3-12,14H,13H2,1-2H3,(H,21,23)/b20-12-/t14-/m0/s1. The number of para-hydroxylation sites is 1. The van der Waals surface area contributed by atoms with Crippen molar-refractivity contribution in [1.82, 2.24) is 0 Å². The highest BCUT2D eigenvalue weighted by Gasteiger charge is 2.18. The SMILES string of the molecule is COc1ccc(/C=N\OCC(=O)O[C@@H](C)C(=O)Nc2ccccc2)cc1. The fourth-order valence-electron chi connectivity index (χ4n) is 1.93. The molecule has 0 aliphatic carbocycles. The molecule has 0 heterocycles. The highest BCUT2D eigenvalue weighted by molar-refractivity contribution is 5.95. The first-order chi connectivity index (χ1) is 12.6. The van der Waals surface area contributed by atoms with Gasteiger partial charge in [0.1, 0.15) is 5.75 Å². The lowest BCUT2D eigenvalue weighted by atomic mass is 10.2. The van der Waals surface area contributed by atoms with Crippen molar-refractivity contribution in [3.05, 3.63) is 60.2 Å². The number of ether oxygens (including phenoxy) is 2. The maximum absolute atomic E-state index is 11.9. The van der Waals surface area contributed by atoms with Gasteiger partial charge in [0.15, 0.2) is 6.10 Å². The monoisotopic (exact) mass is 356 g/mol. The molecule has 0 spiro atoms. The number of hydrogen-bond acceptors (Lipinski definition) is 6. The first-order valence-corrected chi connectivity index (χ1v) is 7.93. The van der Waals surface area contributed by atoms with Gasteiger partial charge in [-0.3, -0.25) is 4.79 Å². The van der Waals surface area contributed by atoms with Gasteiger partial charge in [-0.15, -0.1) is 0 Å². The third kappa shape index (κ3) is 6.27. The Hall–Kier alpha value is -3.35. The van der Waals surface area contributed by atoms with Crippen LogP contribution in [0.1, 0.15) is 12.5 Å². The number of benzene rings is 2. The molecule has 0 saturated heterocycles. The number of hydrogen-bond donors (Lipinski definition) is 1. The van der Waals surface area contributed by atoms with E-state index in [2.05, 4.69) is 10.5 Å². The molecular weight excluding hydrogens is 336 g/mol. The first kappa shape index (κ1) is 19.0. The van der Waals surface area contributed by atoms with Gasteiger partial charge in [0.2, 0.25) is 6.61 Å². The summed E-state index contributed by atoms with van der Waals surface area (Å²) in [5, 5.41) is 6.34. The molecule has 0 radical (unpaired) electrons. The lowest BCUT2D eigenvalue weighted by molar-refractivity contribution is -0.157. The molecule has 0 aliphatic heterocycles. The summed E-state index contributed by atoms with van der Waals surface area (Å²) in [5.41, 5.74) is 1.41. The minimum absolute atomic E-state index is 0.393. The maximum atomic E-state index is 11.9. The minimum atomic E-state index is -0.947. The van der Waals surface area contributed by atoms with Crippen LogP contribution in [0.15, 0.2) is 59.8 Å². The van der Waals surface area contributed by atoms with Gasteiger partial charge in [0.25, 0.3) is 5.91 Å². The summed E-state index contributed by atoms with van der Waals surface area (Å²) < 4.78 is 10.1. The summed E-state index contributed by atoms with van der Waals surface area (Å²) in [6.45, 7) is 1.09. The quantitative estimate of drug-likeness (QED) is 0.446. The van der Waals surface area contributed by atoms with Crippen LogP contribution in [0.3, 0.4) is 0 Å². The third-order valence-electron chi connectivity index (χ3n) is 3.29. The van der Waals surface area contributed by atoms with Crippen LogP contribution in [-0.2, 0) is 19.2 Å². The number of nitrogens with one attached hydrogen (secondary N) is 1. The Morgan fingerprint density at radius 1 is 1.12 bits per heavy atom. The largest absolute Gasteiger partial charge is 0.497 e. The minimum Gasteiger partial charge on any atom is -0.497 e. The van der Waals surface area contributed by atoms with Gasteiger partial charge in [-0.2, -0.15) is 0 Å². The number of rotatable bonds is 8. The number of carbonyl (C=O) groups excluding carboxylic acids is 2. The Morgan fingerprint density at radius 3 is 2.46 bits per heavy atom. The summed E-state index contributed by atoms with van der Waals surface area (Å²) in [4.78, 5) is 28.5. The van der Waals surface area contributed by atoms with Crippen LogP contribution >= 0.6 is 0 Å². The zero-order valence-electron chi connectivity index (χ0n) is 14.5. The van der Waals surface area contributed by atoms with Crippen molar-refractivity contribution >= 4 is 23.8 Å². The predicted molar refractivity (Wildman–Crippen MR) is 97.2 cm³/mol. The Kier molecular flexibility index (Phi) is 7.17. The van der Waals surface area contributed by atoms with E-state index in [1.54, 1.807) is 55.6 Å². The molecule has 0 unspecified atom stereocenters. The number of anilines is 1. The Bertz CT molecular complexity index is 744. The van der Waals surface area contributed by atoms with Gasteiger partial charge in [-0.05, 0) is 48.9 Å². The zero-order valence-corrected chi connectivity index (χ0v) is 14.5. The number of nitrogens with zero attached hydrogens (tertiary/aromatic N) is 1. The van der Waals surface area contributed by atoms with E-state index < -0.39 is 24.6 Å². The molecule has 1 amide bonds. The van der Waals surface area contributed by atoms with Crippen LogP contribution in [0, 0.1) is 0 Å². The van der Waals surface area contributed by atoms with E-state index in [9.17, 15) is 9.59 Å². The van der Waals surface area contributed by atoms with Crippen molar-refractivity contribution in [1.29, 1.82) is 0 Å². The molecule has 2 aromatic carbocycles. The van der Waals surface area contributed by atoms with E-state index >= 15 is 0 Å². The molecular formula is C19H20N2O5. The van der Waals surface area contributed by atoms with Crippen molar-refractivity contribution < 1.29 is 23.9 Å². The van der Waals surface area contributed by atoms with Crippen LogP contribution in [0.4, 0.5) is 5.69 Å². The molecule has 7 heteroatoms. The van der Waals surface area contributed by atoms with Gasteiger partial charge in [-0.25, -0.2) is 4.79 Å². The second-order valence-corrected chi connectivity index (χ2v) is 5.27. The lowest BCUT2D eigenvalue weighted by Gasteiger charge is -2.13. The van der Waals surface area contributed by atoms with Gasteiger partial charge in [-0.1, -0.05) is 23.4 Å². The van der Waals surface area contributed by atoms with E-state index in [1.807, 2.05) is 6.07 Å². The van der Waals surface area contributed by atoms with Crippen LogP contribution in [0.2, 0.25) is 0 Å². The highest BCUT2D eigenvalue weighted by atomic mass is 16.7. The van der Waals surface area contributed by atoms with Crippen molar-refractivity contribution in [2.75, 3.05) is 19.0 Å². The normalized spacial score (nSPS) is 11.6. The molecule has 0 saturated carbocycles. The second kappa shape index (κ2) is 9.83. The average Bonchev–Trinajstić information content (AvgIpc) is 2.66. The molecule has 136 valence electrons. The van der Waals surface area contributed by atoms with E-state index in [0.29, 0.717) is 5.69 Å². The fourth-order valence-corrected chi connectivity index (χ4v) is 1.93. The van der Waals surface area contributed by atoms with Crippen molar-refractivity contribution in [3.8, 4) is 5.75 Å². The molecule has 26 heavy (non-hydrogen) atoms. The molecule has 0 bridgehead atoms. The Labute approximate surface area is 151 Å². The van der Waals surface area contributed by atoms with Crippen LogP contribution in [0.5, 0.6) is 5.75 Å². The molecule has 2 aromatic rings. The van der Waals surface area contributed by atoms with Crippen molar-refractivity contribution in [2.45, 2.75) is 13.0 Å². The first-order valence-electron chi connectivity index (χ1n) is 7.93. The maximum Gasteiger partial charge on any atom is 0.347 e. The summed E-state index contributed by atoms with van der Waals surface area (Å²) in [7, 11) is 1.58. The second-order valence-electron chi connectivity index (χ2n) is 5.27. The van der Waals surface area contributed by atoms with Crippen molar-refractivity contribution in [3.63, 3.8) is 0 Å². The molecule has 1 atom stereocenters. The van der Waals surface area contributed by atoms with Crippen LogP contribution in [-0.4, -0.2) is 37.9 Å². The Balaban J connectivity index is 1.71. The summed E-state index contributed by atoms with van der Waals surface area (Å²) >= 11 is 0. The van der Waals surface area contributed by atoms with Crippen molar-refractivity contribution in [2.24, 2.45) is 5.16 Å². The van der Waals surface area contributed by atoms with E-state index in [-0.39, 0.29) is 0 Å². The van der Waals surface area contributed by atoms with Gasteiger partial charge in [0.05, 0.1) is 13.3 Å². The third-order valence-corrected chi connectivity index (χ3v) is 3.29. The lowest BCUT2D eigenvalue weighted by Crippen LogP contribution is -2.31. The average molecular weight is 356 g/mol.